The van der Waals surface area contributed by atoms with E-state index in [1.54, 1.807) is 18.2 Å². The van der Waals surface area contributed by atoms with Gasteiger partial charge in [-0.3, -0.25) is 4.79 Å². The molecule has 0 radical (unpaired) electrons. The SMILES string of the molecule is Nc1ccc2c(c1)OC1(CCCCCC1)CC2=O. The van der Waals surface area contributed by atoms with Crippen LogP contribution in [0.4, 0.5) is 5.69 Å². The van der Waals surface area contributed by atoms with Crippen molar-refractivity contribution in [2.45, 2.75) is 50.5 Å². The Morgan fingerprint density at radius 3 is 2.56 bits per heavy atom. The molecule has 1 heterocycles. The number of Topliss-reactive ketones (excluding diaryl/α,β-unsaturated/α-hetero) is 1. The molecule has 2 aliphatic rings. The van der Waals surface area contributed by atoms with Crippen molar-refractivity contribution in [1.82, 2.24) is 0 Å². The number of hydrogen-bond donors (Lipinski definition) is 1. The zero-order valence-electron chi connectivity index (χ0n) is 10.6. The minimum Gasteiger partial charge on any atom is -0.486 e. The molecule has 18 heavy (non-hydrogen) atoms. The predicted octanol–water partition coefficient (Wildman–Crippen LogP) is 3.33. The van der Waals surface area contributed by atoms with Crippen molar-refractivity contribution in [3.8, 4) is 5.75 Å². The van der Waals surface area contributed by atoms with Gasteiger partial charge in [0.2, 0.25) is 0 Å². The standard InChI is InChI=1S/C15H19NO2/c16-11-5-6-12-13(17)10-15(18-14(12)9-11)7-3-1-2-4-8-15/h5-6,9H,1-4,7-8,10,16H2. The van der Waals surface area contributed by atoms with Crippen molar-refractivity contribution in [2.24, 2.45) is 0 Å². The Balaban J connectivity index is 1.96. The van der Waals surface area contributed by atoms with Crippen LogP contribution in [0.25, 0.3) is 0 Å². The first-order chi connectivity index (χ1) is 8.69. The molecule has 0 aromatic heterocycles. The third kappa shape index (κ3) is 1.98. The average molecular weight is 245 g/mol. The van der Waals surface area contributed by atoms with Crippen LogP contribution in [-0.2, 0) is 0 Å². The smallest absolute Gasteiger partial charge is 0.170 e. The van der Waals surface area contributed by atoms with E-state index in [0.29, 0.717) is 23.4 Å². The second-order valence-corrected chi connectivity index (χ2v) is 5.55. The van der Waals surface area contributed by atoms with Crippen LogP contribution in [-0.4, -0.2) is 11.4 Å². The summed E-state index contributed by atoms with van der Waals surface area (Å²) in [6.07, 6.45) is 7.34. The fraction of sp³-hybridized carbons (Fsp3) is 0.533. The number of carbonyl (C=O) groups excluding carboxylic acids is 1. The van der Waals surface area contributed by atoms with Gasteiger partial charge in [0, 0.05) is 11.8 Å². The summed E-state index contributed by atoms with van der Waals surface area (Å²) in [5, 5.41) is 0. The number of hydrogen-bond acceptors (Lipinski definition) is 3. The van der Waals surface area contributed by atoms with Crippen LogP contribution >= 0.6 is 0 Å². The molecule has 1 fully saturated rings. The molecule has 0 amide bonds. The number of benzene rings is 1. The fourth-order valence-electron chi connectivity index (χ4n) is 3.16. The van der Waals surface area contributed by atoms with E-state index in [2.05, 4.69) is 0 Å². The molecular formula is C15H19NO2. The van der Waals surface area contributed by atoms with E-state index >= 15 is 0 Å². The van der Waals surface area contributed by atoms with Crippen LogP contribution in [0.5, 0.6) is 5.75 Å². The number of nitrogen functional groups attached to an aromatic ring is 1. The molecule has 0 atom stereocenters. The molecule has 1 aliphatic heterocycles. The minimum absolute atomic E-state index is 0.207. The summed E-state index contributed by atoms with van der Waals surface area (Å²) in [6.45, 7) is 0. The first-order valence-corrected chi connectivity index (χ1v) is 6.80. The topological polar surface area (TPSA) is 52.3 Å². The largest absolute Gasteiger partial charge is 0.486 e. The molecule has 3 heteroatoms. The summed E-state index contributed by atoms with van der Waals surface area (Å²) in [4.78, 5) is 12.3. The zero-order chi connectivity index (χ0) is 12.6. The minimum atomic E-state index is -0.256. The van der Waals surface area contributed by atoms with Gasteiger partial charge in [-0.15, -0.1) is 0 Å². The number of carbonyl (C=O) groups is 1. The summed E-state index contributed by atoms with van der Waals surface area (Å²) in [6, 6.07) is 5.35. The molecule has 1 aromatic carbocycles. The van der Waals surface area contributed by atoms with Crippen molar-refractivity contribution in [3.05, 3.63) is 23.8 Å². The third-order valence-corrected chi connectivity index (χ3v) is 4.13. The molecule has 0 unspecified atom stereocenters. The van der Waals surface area contributed by atoms with E-state index < -0.39 is 0 Å². The van der Waals surface area contributed by atoms with Gasteiger partial charge in [0.15, 0.2) is 5.78 Å². The van der Waals surface area contributed by atoms with Crippen molar-refractivity contribution in [1.29, 1.82) is 0 Å². The van der Waals surface area contributed by atoms with Crippen molar-refractivity contribution >= 4 is 11.5 Å². The summed E-state index contributed by atoms with van der Waals surface area (Å²) < 4.78 is 6.19. The Hall–Kier alpha value is -1.51. The van der Waals surface area contributed by atoms with Crippen molar-refractivity contribution in [2.75, 3.05) is 5.73 Å². The lowest BCUT2D eigenvalue weighted by Crippen LogP contribution is -2.41. The number of ether oxygens (including phenoxy) is 1. The van der Waals surface area contributed by atoms with Crippen LogP contribution < -0.4 is 10.5 Å². The van der Waals surface area contributed by atoms with Crippen LogP contribution in [0, 0.1) is 0 Å². The molecule has 0 saturated heterocycles. The van der Waals surface area contributed by atoms with Gasteiger partial charge >= 0.3 is 0 Å². The summed E-state index contributed by atoms with van der Waals surface area (Å²) in [7, 11) is 0. The molecule has 1 aliphatic carbocycles. The van der Waals surface area contributed by atoms with Crippen LogP contribution in [0.2, 0.25) is 0 Å². The number of rotatable bonds is 0. The Labute approximate surface area is 107 Å². The quantitative estimate of drug-likeness (QED) is 0.713. The van der Waals surface area contributed by atoms with E-state index in [0.717, 1.165) is 25.7 Å². The molecule has 0 bridgehead atoms. The van der Waals surface area contributed by atoms with E-state index in [9.17, 15) is 4.79 Å². The normalized spacial score (nSPS) is 22.1. The number of ketones is 1. The van der Waals surface area contributed by atoms with Gasteiger partial charge in [-0.05, 0) is 37.8 Å². The monoisotopic (exact) mass is 245 g/mol. The van der Waals surface area contributed by atoms with Crippen molar-refractivity contribution in [3.63, 3.8) is 0 Å². The number of nitrogens with two attached hydrogens (primary N) is 1. The Kier molecular flexibility index (Phi) is 2.77. The maximum Gasteiger partial charge on any atom is 0.170 e. The Morgan fingerprint density at radius 2 is 1.83 bits per heavy atom. The number of anilines is 1. The molecule has 96 valence electrons. The second-order valence-electron chi connectivity index (χ2n) is 5.55. The van der Waals surface area contributed by atoms with Gasteiger partial charge in [0.1, 0.15) is 11.4 Å². The summed E-state index contributed by atoms with van der Waals surface area (Å²) in [5.74, 6) is 0.895. The highest BCUT2D eigenvalue weighted by Crippen LogP contribution is 2.41. The lowest BCUT2D eigenvalue weighted by atomic mass is 9.84. The van der Waals surface area contributed by atoms with Gasteiger partial charge in [0.05, 0.1) is 12.0 Å². The van der Waals surface area contributed by atoms with Gasteiger partial charge < -0.3 is 10.5 Å². The van der Waals surface area contributed by atoms with E-state index in [1.165, 1.54) is 12.8 Å². The highest BCUT2D eigenvalue weighted by atomic mass is 16.5. The molecule has 2 N–H and O–H groups in total. The highest BCUT2D eigenvalue weighted by molar-refractivity contribution is 6.00. The lowest BCUT2D eigenvalue weighted by molar-refractivity contribution is 0.0298. The van der Waals surface area contributed by atoms with E-state index in [-0.39, 0.29) is 11.4 Å². The summed E-state index contributed by atoms with van der Waals surface area (Å²) >= 11 is 0. The van der Waals surface area contributed by atoms with Gasteiger partial charge in [-0.1, -0.05) is 12.8 Å². The first kappa shape index (κ1) is 11.6. The van der Waals surface area contributed by atoms with E-state index in [4.69, 9.17) is 10.5 Å². The third-order valence-electron chi connectivity index (χ3n) is 4.13. The zero-order valence-corrected chi connectivity index (χ0v) is 10.6. The Bertz CT molecular complexity index is 473. The van der Waals surface area contributed by atoms with Crippen LogP contribution in [0.1, 0.15) is 55.3 Å². The molecule has 1 saturated carbocycles. The maximum absolute atomic E-state index is 12.3. The number of fused-ring (bicyclic) bond motifs is 1. The summed E-state index contributed by atoms with van der Waals surface area (Å²) in [5.41, 5.74) is 6.88. The second kappa shape index (κ2) is 4.30. The molecular weight excluding hydrogens is 226 g/mol. The predicted molar refractivity (Wildman–Crippen MR) is 70.9 cm³/mol. The molecule has 1 aromatic rings. The van der Waals surface area contributed by atoms with Gasteiger partial charge in [-0.2, -0.15) is 0 Å². The van der Waals surface area contributed by atoms with Crippen molar-refractivity contribution < 1.29 is 9.53 Å². The molecule has 3 rings (SSSR count). The molecule has 1 spiro atoms. The van der Waals surface area contributed by atoms with E-state index in [1.807, 2.05) is 0 Å². The van der Waals surface area contributed by atoms with Crippen LogP contribution in [0.3, 0.4) is 0 Å². The van der Waals surface area contributed by atoms with Gasteiger partial charge in [-0.25, -0.2) is 0 Å². The highest BCUT2D eigenvalue weighted by Gasteiger charge is 2.40. The lowest BCUT2D eigenvalue weighted by Gasteiger charge is -2.37. The fourth-order valence-corrected chi connectivity index (χ4v) is 3.16. The first-order valence-electron chi connectivity index (χ1n) is 6.80. The Morgan fingerprint density at radius 1 is 1.11 bits per heavy atom. The van der Waals surface area contributed by atoms with Crippen LogP contribution in [0.15, 0.2) is 18.2 Å². The van der Waals surface area contributed by atoms with Gasteiger partial charge in [0.25, 0.3) is 0 Å². The average Bonchev–Trinajstić information content (AvgIpc) is 2.54. The maximum atomic E-state index is 12.3. The molecule has 3 nitrogen and oxygen atoms in total.